The highest BCUT2D eigenvalue weighted by Crippen LogP contribution is 2.18. The molecule has 0 bridgehead atoms. The van der Waals surface area contributed by atoms with E-state index in [2.05, 4.69) is 26.1 Å². The van der Waals surface area contributed by atoms with Gasteiger partial charge in [-0.15, -0.1) is 0 Å². The van der Waals surface area contributed by atoms with Crippen LogP contribution in [0.3, 0.4) is 0 Å². The van der Waals surface area contributed by atoms with Crippen molar-refractivity contribution in [1.29, 1.82) is 0 Å². The van der Waals surface area contributed by atoms with Gasteiger partial charge < -0.3 is 10.1 Å². The van der Waals surface area contributed by atoms with Crippen molar-refractivity contribution in [2.45, 2.75) is 52.5 Å². The summed E-state index contributed by atoms with van der Waals surface area (Å²) < 4.78 is 5.26. The van der Waals surface area contributed by atoms with Crippen molar-refractivity contribution in [3.8, 4) is 0 Å². The predicted octanol–water partition coefficient (Wildman–Crippen LogP) is 2.11. The zero-order valence-corrected chi connectivity index (χ0v) is 10.1. The maximum absolute atomic E-state index is 11.6. The maximum atomic E-state index is 11.6. The summed E-state index contributed by atoms with van der Waals surface area (Å²) in [6.45, 7) is 7.94. The van der Waals surface area contributed by atoms with Gasteiger partial charge in [0.2, 0.25) is 0 Å². The normalized spacial score (nSPS) is 22.5. The molecule has 0 amide bonds. The number of ether oxygens (including phenoxy) is 1. The smallest absolute Gasteiger partial charge is 0.323 e. The molecule has 0 aromatic rings. The Hall–Kier alpha value is -0.570. The van der Waals surface area contributed by atoms with Crippen LogP contribution in [0.1, 0.15) is 46.5 Å². The Labute approximate surface area is 92.6 Å². The number of hydrogen-bond donors (Lipinski definition) is 1. The first-order valence-electron chi connectivity index (χ1n) is 5.89. The number of carbonyl (C=O) groups excluding carboxylic acids is 1. The van der Waals surface area contributed by atoms with E-state index in [9.17, 15) is 4.79 Å². The van der Waals surface area contributed by atoms with Crippen LogP contribution in [-0.4, -0.2) is 25.2 Å². The molecule has 1 unspecified atom stereocenters. The number of piperidine rings is 1. The first-order valence-corrected chi connectivity index (χ1v) is 5.89. The van der Waals surface area contributed by atoms with Gasteiger partial charge in [-0.1, -0.05) is 27.2 Å². The number of carbonyl (C=O) groups is 1. The molecule has 1 aliphatic heterocycles. The van der Waals surface area contributed by atoms with E-state index >= 15 is 0 Å². The van der Waals surface area contributed by atoms with E-state index in [4.69, 9.17) is 4.74 Å². The number of rotatable bonds is 3. The van der Waals surface area contributed by atoms with Crippen molar-refractivity contribution in [3.63, 3.8) is 0 Å². The van der Waals surface area contributed by atoms with Crippen LogP contribution in [0.2, 0.25) is 0 Å². The topological polar surface area (TPSA) is 38.3 Å². The van der Waals surface area contributed by atoms with E-state index < -0.39 is 0 Å². The van der Waals surface area contributed by atoms with Gasteiger partial charge in [-0.2, -0.15) is 0 Å². The van der Waals surface area contributed by atoms with Crippen molar-refractivity contribution in [2.75, 3.05) is 13.2 Å². The van der Waals surface area contributed by atoms with Gasteiger partial charge in [0.05, 0.1) is 6.61 Å². The second-order valence-corrected chi connectivity index (χ2v) is 5.48. The van der Waals surface area contributed by atoms with Gasteiger partial charge in [0.25, 0.3) is 0 Å². The molecule has 0 aromatic heterocycles. The minimum absolute atomic E-state index is 0.0567. The van der Waals surface area contributed by atoms with E-state index in [1.807, 2.05) is 0 Å². The highest BCUT2D eigenvalue weighted by Gasteiger charge is 2.22. The molecule has 0 radical (unpaired) electrons. The number of hydrogen-bond acceptors (Lipinski definition) is 3. The lowest BCUT2D eigenvalue weighted by Crippen LogP contribution is -2.41. The third-order valence-corrected chi connectivity index (χ3v) is 2.69. The highest BCUT2D eigenvalue weighted by molar-refractivity contribution is 5.75. The fourth-order valence-electron chi connectivity index (χ4n) is 1.61. The van der Waals surface area contributed by atoms with E-state index in [1.165, 1.54) is 6.42 Å². The molecular weight excluding hydrogens is 190 g/mol. The first kappa shape index (κ1) is 12.5. The van der Waals surface area contributed by atoms with Gasteiger partial charge in [0.1, 0.15) is 6.04 Å². The minimum atomic E-state index is -0.0704. The van der Waals surface area contributed by atoms with E-state index in [0.29, 0.717) is 6.61 Å². The fourth-order valence-corrected chi connectivity index (χ4v) is 1.61. The van der Waals surface area contributed by atoms with Gasteiger partial charge in [-0.25, -0.2) is 0 Å². The highest BCUT2D eigenvalue weighted by atomic mass is 16.5. The minimum Gasteiger partial charge on any atom is -0.465 e. The molecule has 0 saturated carbocycles. The van der Waals surface area contributed by atoms with Gasteiger partial charge in [-0.05, 0) is 31.2 Å². The largest absolute Gasteiger partial charge is 0.465 e. The molecule has 3 nitrogen and oxygen atoms in total. The van der Waals surface area contributed by atoms with Crippen LogP contribution in [0.5, 0.6) is 0 Å². The summed E-state index contributed by atoms with van der Waals surface area (Å²) in [5.74, 6) is -0.0704. The third-order valence-electron chi connectivity index (χ3n) is 2.69. The summed E-state index contributed by atoms with van der Waals surface area (Å²) >= 11 is 0. The van der Waals surface area contributed by atoms with E-state index in [-0.39, 0.29) is 17.4 Å². The van der Waals surface area contributed by atoms with Crippen LogP contribution in [0.15, 0.2) is 0 Å². The zero-order chi connectivity index (χ0) is 11.3. The van der Waals surface area contributed by atoms with Crippen molar-refractivity contribution in [2.24, 2.45) is 5.41 Å². The molecule has 1 N–H and O–H groups in total. The molecule has 0 aromatic carbocycles. The Morgan fingerprint density at radius 3 is 2.67 bits per heavy atom. The lowest BCUT2D eigenvalue weighted by molar-refractivity contribution is -0.147. The summed E-state index contributed by atoms with van der Waals surface area (Å²) in [7, 11) is 0. The molecule has 1 saturated heterocycles. The molecule has 1 aliphatic rings. The number of esters is 1. The summed E-state index contributed by atoms with van der Waals surface area (Å²) in [6.07, 6.45) is 4.15. The lowest BCUT2D eigenvalue weighted by atomic mass is 9.93. The third kappa shape index (κ3) is 5.17. The van der Waals surface area contributed by atoms with Crippen LogP contribution >= 0.6 is 0 Å². The zero-order valence-electron chi connectivity index (χ0n) is 10.1. The van der Waals surface area contributed by atoms with Crippen molar-refractivity contribution in [3.05, 3.63) is 0 Å². The molecule has 15 heavy (non-hydrogen) atoms. The standard InChI is InChI=1S/C12H23NO2/c1-12(2,3)7-9-15-11(14)10-6-4-5-8-13-10/h10,13H,4-9H2,1-3H3. The van der Waals surface area contributed by atoms with Gasteiger partial charge in [0.15, 0.2) is 0 Å². The quantitative estimate of drug-likeness (QED) is 0.730. The molecular formula is C12H23NO2. The monoisotopic (exact) mass is 213 g/mol. The van der Waals surface area contributed by atoms with Gasteiger partial charge in [-0.3, -0.25) is 4.79 Å². The summed E-state index contributed by atoms with van der Waals surface area (Å²) in [6, 6.07) is -0.0567. The lowest BCUT2D eigenvalue weighted by Gasteiger charge is -2.23. The van der Waals surface area contributed by atoms with Crippen LogP contribution in [0.4, 0.5) is 0 Å². The van der Waals surface area contributed by atoms with Crippen LogP contribution < -0.4 is 5.32 Å². The van der Waals surface area contributed by atoms with Crippen LogP contribution in [-0.2, 0) is 9.53 Å². The molecule has 0 spiro atoms. The maximum Gasteiger partial charge on any atom is 0.323 e. The van der Waals surface area contributed by atoms with Crippen LogP contribution in [0.25, 0.3) is 0 Å². The van der Waals surface area contributed by atoms with Gasteiger partial charge >= 0.3 is 5.97 Å². The molecule has 1 rings (SSSR count). The Morgan fingerprint density at radius 1 is 1.40 bits per heavy atom. The van der Waals surface area contributed by atoms with Crippen molar-refractivity contribution < 1.29 is 9.53 Å². The average Bonchev–Trinajstić information content (AvgIpc) is 2.17. The molecule has 1 heterocycles. The van der Waals surface area contributed by atoms with E-state index in [1.54, 1.807) is 0 Å². The molecule has 88 valence electrons. The first-order chi connectivity index (χ1) is 6.99. The Morgan fingerprint density at radius 2 is 2.13 bits per heavy atom. The molecule has 1 fully saturated rings. The number of nitrogens with one attached hydrogen (secondary N) is 1. The molecule has 3 heteroatoms. The summed E-state index contributed by atoms with van der Waals surface area (Å²) in [5, 5.41) is 3.19. The Balaban J connectivity index is 2.17. The summed E-state index contributed by atoms with van der Waals surface area (Å²) in [4.78, 5) is 11.6. The fraction of sp³-hybridized carbons (Fsp3) is 0.917. The van der Waals surface area contributed by atoms with Gasteiger partial charge in [0, 0.05) is 0 Å². The van der Waals surface area contributed by atoms with Crippen molar-refractivity contribution in [1.82, 2.24) is 5.32 Å². The second kappa shape index (κ2) is 5.50. The Bertz CT molecular complexity index is 202. The Kier molecular flexibility index (Phi) is 4.58. The molecule has 1 atom stereocenters. The summed E-state index contributed by atoms with van der Waals surface area (Å²) in [5.41, 5.74) is 0.236. The van der Waals surface area contributed by atoms with E-state index in [0.717, 1.165) is 25.8 Å². The average molecular weight is 213 g/mol. The second-order valence-electron chi connectivity index (χ2n) is 5.48. The SMILES string of the molecule is CC(C)(C)CCOC(=O)C1CCCCN1. The molecule has 0 aliphatic carbocycles. The predicted molar refractivity (Wildman–Crippen MR) is 60.7 cm³/mol. The van der Waals surface area contributed by atoms with Crippen LogP contribution in [0, 0.1) is 5.41 Å². The van der Waals surface area contributed by atoms with Crippen molar-refractivity contribution >= 4 is 5.97 Å².